The Balaban J connectivity index is 1.60. The van der Waals surface area contributed by atoms with Crippen molar-refractivity contribution in [2.45, 2.75) is 0 Å². The quantitative estimate of drug-likeness (QED) is 0.274. The average Bonchev–Trinajstić information content (AvgIpc) is 2.77. The predicted octanol–water partition coefficient (Wildman–Crippen LogP) is 3.91. The van der Waals surface area contributed by atoms with Gasteiger partial charge >= 0.3 is 5.97 Å². The van der Waals surface area contributed by atoms with Crippen molar-refractivity contribution in [2.24, 2.45) is 0 Å². The molecule has 0 saturated carbocycles. The zero-order valence-corrected chi connectivity index (χ0v) is 15.7. The van der Waals surface area contributed by atoms with Crippen LogP contribution in [0.1, 0.15) is 21.5 Å². The fourth-order valence-electron chi connectivity index (χ4n) is 2.58. The largest absolute Gasteiger partial charge is 0.491 e. The van der Waals surface area contributed by atoms with Gasteiger partial charge in [0, 0.05) is 17.2 Å². The van der Waals surface area contributed by atoms with E-state index in [1.54, 1.807) is 78.9 Å². The highest BCUT2D eigenvalue weighted by molar-refractivity contribution is 6.09. The second-order valence-corrected chi connectivity index (χ2v) is 6.12. The molecule has 0 aliphatic rings. The second kappa shape index (κ2) is 10.0. The van der Waals surface area contributed by atoms with Gasteiger partial charge in [-0.05, 0) is 48.0 Å². The number of hydrogen-bond donors (Lipinski definition) is 1. The molecule has 0 heterocycles. The third kappa shape index (κ3) is 5.89. The molecule has 0 aliphatic heterocycles. The molecule has 0 aliphatic carbocycles. The summed E-state index contributed by atoms with van der Waals surface area (Å²) in [6.07, 6.45) is 2.97. The maximum absolute atomic E-state index is 12.6. The van der Waals surface area contributed by atoms with Crippen LogP contribution in [0.5, 0.6) is 11.5 Å². The summed E-state index contributed by atoms with van der Waals surface area (Å²) in [5, 5.41) is 8.77. The van der Waals surface area contributed by atoms with Crippen LogP contribution >= 0.6 is 0 Å². The molecule has 5 heteroatoms. The molecule has 3 rings (SSSR count). The van der Waals surface area contributed by atoms with Gasteiger partial charge in [-0.3, -0.25) is 4.79 Å². The maximum Gasteiger partial charge on any atom is 0.336 e. The molecular formula is C24H20O5. The number of ketones is 1. The van der Waals surface area contributed by atoms with Crippen LogP contribution in [0.25, 0.3) is 6.08 Å². The van der Waals surface area contributed by atoms with Crippen LogP contribution in [0, 0.1) is 0 Å². The van der Waals surface area contributed by atoms with Gasteiger partial charge in [0.1, 0.15) is 18.1 Å². The third-order valence-electron chi connectivity index (χ3n) is 4.02. The van der Waals surface area contributed by atoms with E-state index in [4.69, 9.17) is 14.6 Å². The summed E-state index contributed by atoms with van der Waals surface area (Å²) in [5.74, 6) is 0.493. The average molecular weight is 388 g/mol. The number of para-hydroxylation sites is 1. The normalized spacial score (nSPS) is 10.7. The maximum atomic E-state index is 12.6. The molecule has 146 valence electrons. The van der Waals surface area contributed by atoms with Crippen molar-refractivity contribution in [2.75, 3.05) is 13.2 Å². The summed E-state index contributed by atoms with van der Waals surface area (Å²) >= 11 is 0. The van der Waals surface area contributed by atoms with Crippen molar-refractivity contribution in [1.82, 2.24) is 0 Å². The van der Waals surface area contributed by atoms with Crippen molar-refractivity contribution in [3.05, 3.63) is 102 Å². The Morgan fingerprint density at radius 2 is 1.41 bits per heavy atom. The highest BCUT2D eigenvalue weighted by Crippen LogP contribution is 2.16. The van der Waals surface area contributed by atoms with Crippen molar-refractivity contribution in [3.63, 3.8) is 0 Å². The lowest BCUT2D eigenvalue weighted by atomic mass is 10.0. The molecule has 0 bridgehead atoms. The third-order valence-corrected chi connectivity index (χ3v) is 4.02. The van der Waals surface area contributed by atoms with E-state index < -0.39 is 5.97 Å². The van der Waals surface area contributed by atoms with Gasteiger partial charge in [-0.25, -0.2) is 4.79 Å². The number of aliphatic hydroxyl groups is 1. The molecule has 0 aromatic heterocycles. The van der Waals surface area contributed by atoms with Gasteiger partial charge in [0.25, 0.3) is 0 Å². The first kappa shape index (κ1) is 20.0. The Bertz CT molecular complexity index is 974. The number of carbonyl (C=O) groups is 2. The second-order valence-electron chi connectivity index (χ2n) is 6.12. The number of carbonyl (C=O) groups excluding carboxylic acids is 2. The number of hydrogen-bond acceptors (Lipinski definition) is 5. The van der Waals surface area contributed by atoms with Gasteiger partial charge in [-0.1, -0.05) is 42.5 Å². The lowest BCUT2D eigenvalue weighted by Gasteiger charge is -2.06. The molecule has 29 heavy (non-hydrogen) atoms. The molecular weight excluding hydrogens is 368 g/mol. The molecule has 0 unspecified atom stereocenters. The van der Waals surface area contributed by atoms with E-state index in [-0.39, 0.29) is 19.0 Å². The Kier molecular flexibility index (Phi) is 6.92. The topological polar surface area (TPSA) is 72.8 Å². The van der Waals surface area contributed by atoms with Gasteiger partial charge in [-0.2, -0.15) is 0 Å². The minimum absolute atomic E-state index is 0.0640. The van der Waals surface area contributed by atoms with Crippen molar-refractivity contribution < 1.29 is 24.2 Å². The minimum Gasteiger partial charge on any atom is -0.491 e. The molecule has 0 amide bonds. The van der Waals surface area contributed by atoms with Gasteiger partial charge < -0.3 is 14.6 Å². The lowest BCUT2D eigenvalue weighted by Crippen LogP contribution is -2.04. The fourth-order valence-corrected chi connectivity index (χ4v) is 2.58. The highest BCUT2D eigenvalue weighted by Gasteiger charge is 2.09. The van der Waals surface area contributed by atoms with E-state index in [1.807, 2.05) is 6.07 Å². The first-order valence-electron chi connectivity index (χ1n) is 9.09. The van der Waals surface area contributed by atoms with E-state index in [0.717, 1.165) is 5.56 Å². The monoisotopic (exact) mass is 388 g/mol. The fraction of sp³-hybridized carbons (Fsp3) is 0.0833. The van der Waals surface area contributed by atoms with E-state index in [1.165, 1.54) is 6.08 Å². The summed E-state index contributed by atoms with van der Waals surface area (Å²) in [6.45, 7) is 0.145. The van der Waals surface area contributed by atoms with Crippen molar-refractivity contribution in [3.8, 4) is 11.5 Å². The van der Waals surface area contributed by atoms with E-state index in [9.17, 15) is 9.59 Å². The minimum atomic E-state index is -0.472. The number of aliphatic hydroxyl groups excluding tert-OH is 1. The molecule has 0 spiro atoms. The first-order chi connectivity index (χ1) is 14.2. The van der Waals surface area contributed by atoms with Crippen molar-refractivity contribution in [1.29, 1.82) is 0 Å². The summed E-state index contributed by atoms with van der Waals surface area (Å²) < 4.78 is 10.5. The molecule has 0 saturated heterocycles. The van der Waals surface area contributed by atoms with Crippen LogP contribution in [0.4, 0.5) is 0 Å². The standard InChI is InChI=1S/C24H20O5/c25-16-17-28-21-13-11-20(12-14-21)24(27)19-9-6-18(7-10-19)8-15-23(26)29-22-4-2-1-3-5-22/h1-15,25H,16-17H2. The zero-order valence-electron chi connectivity index (χ0n) is 15.7. The van der Waals surface area contributed by atoms with Crippen LogP contribution in [0.2, 0.25) is 0 Å². The molecule has 1 N–H and O–H groups in total. The Hall–Kier alpha value is -3.70. The summed E-state index contributed by atoms with van der Waals surface area (Å²) in [4.78, 5) is 24.4. The zero-order chi connectivity index (χ0) is 20.5. The highest BCUT2D eigenvalue weighted by atomic mass is 16.5. The predicted molar refractivity (Wildman–Crippen MR) is 110 cm³/mol. The van der Waals surface area contributed by atoms with E-state index in [2.05, 4.69) is 0 Å². The molecule has 3 aromatic rings. The van der Waals surface area contributed by atoms with Gasteiger partial charge in [0.05, 0.1) is 6.61 Å². The number of esters is 1. The molecule has 0 atom stereocenters. The van der Waals surface area contributed by atoms with E-state index in [0.29, 0.717) is 22.6 Å². The van der Waals surface area contributed by atoms with Crippen LogP contribution in [0.15, 0.2) is 84.9 Å². The summed E-state index contributed by atoms with van der Waals surface area (Å²) in [6, 6.07) is 22.5. The molecule has 0 fully saturated rings. The lowest BCUT2D eigenvalue weighted by molar-refractivity contribution is -0.128. The molecule has 3 aromatic carbocycles. The number of benzene rings is 3. The molecule has 5 nitrogen and oxygen atoms in total. The Labute approximate surface area is 168 Å². The summed E-state index contributed by atoms with van der Waals surface area (Å²) in [7, 11) is 0. The number of ether oxygens (including phenoxy) is 2. The van der Waals surface area contributed by atoms with Crippen LogP contribution in [0.3, 0.4) is 0 Å². The Morgan fingerprint density at radius 3 is 2.03 bits per heavy atom. The van der Waals surface area contributed by atoms with Gasteiger partial charge in [0.2, 0.25) is 0 Å². The van der Waals surface area contributed by atoms with Gasteiger partial charge in [-0.15, -0.1) is 0 Å². The van der Waals surface area contributed by atoms with Gasteiger partial charge in [0.15, 0.2) is 5.78 Å². The number of rotatable bonds is 8. The Morgan fingerprint density at radius 1 is 0.793 bits per heavy atom. The SMILES string of the molecule is O=C(C=Cc1ccc(C(=O)c2ccc(OCCO)cc2)cc1)Oc1ccccc1. The van der Waals surface area contributed by atoms with Crippen LogP contribution in [-0.4, -0.2) is 30.1 Å². The molecule has 0 radical (unpaired) electrons. The first-order valence-corrected chi connectivity index (χ1v) is 9.09. The summed E-state index contributed by atoms with van der Waals surface area (Å²) in [5.41, 5.74) is 1.86. The smallest absolute Gasteiger partial charge is 0.336 e. The van der Waals surface area contributed by atoms with Crippen LogP contribution in [-0.2, 0) is 4.79 Å². The van der Waals surface area contributed by atoms with Crippen molar-refractivity contribution >= 4 is 17.8 Å². The van der Waals surface area contributed by atoms with E-state index >= 15 is 0 Å². The van der Waals surface area contributed by atoms with Crippen LogP contribution < -0.4 is 9.47 Å².